The van der Waals surface area contributed by atoms with Crippen molar-refractivity contribution in [1.29, 1.82) is 0 Å². The van der Waals surface area contributed by atoms with Gasteiger partial charge in [0.15, 0.2) is 0 Å². The zero-order valence-corrected chi connectivity index (χ0v) is 11.9. The minimum atomic E-state index is -0.109. The largest absolute Gasteiger partial charge is 0.399 e. The molecule has 2 rings (SSSR count). The van der Waals surface area contributed by atoms with Gasteiger partial charge in [-0.25, -0.2) is 0 Å². The number of amides is 1. The van der Waals surface area contributed by atoms with Crippen LogP contribution in [0.15, 0.2) is 18.2 Å². The van der Waals surface area contributed by atoms with Crippen LogP contribution in [0.2, 0.25) is 0 Å². The summed E-state index contributed by atoms with van der Waals surface area (Å²) in [6.45, 7) is 7.70. The molecule has 2 atom stereocenters. The summed E-state index contributed by atoms with van der Waals surface area (Å²) in [5.41, 5.74) is 9.10. The third-order valence-corrected chi connectivity index (χ3v) is 3.91. The van der Waals surface area contributed by atoms with E-state index in [0.29, 0.717) is 0 Å². The predicted molar refractivity (Wildman–Crippen MR) is 77.5 cm³/mol. The number of nitrogens with zero attached hydrogens (tertiary/aromatic N) is 1. The average molecular weight is 261 g/mol. The van der Waals surface area contributed by atoms with Crippen molar-refractivity contribution in [2.75, 3.05) is 5.73 Å². The Morgan fingerprint density at radius 3 is 2.74 bits per heavy atom. The van der Waals surface area contributed by atoms with Gasteiger partial charge in [-0.15, -0.1) is 0 Å². The van der Waals surface area contributed by atoms with Crippen molar-refractivity contribution in [1.82, 2.24) is 10.2 Å². The van der Waals surface area contributed by atoms with E-state index >= 15 is 0 Å². The highest BCUT2D eigenvalue weighted by molar-refractivity contribution is 5.81. The Bertz CT molecular complexity index is 472. The molecule has 0 aliphatic carbocycles. The number of hydrogen-bond donors (Lipinski definition) is 2. The summed E-state index contributed by atoms with van der Waals surface area (Å²) >= 11 is 0. The van der Waals surface area contributed by atoms with Gasteiger partial charge in [-0.2, -0.15) is 0 Å². The molecule has 1 heterocycles. The summed E-state index contributed by atoms with van der Waals surface area (Å²) in [5.74, 6) is 0.107. The molecular formula is C15H23N3O. The highest BCUT2D eigenvalue weighted by Crippen LogP contribution is 2.26. The van der Waals surface area contributed by atoms with Crippen LogP contribution in [0.5, 0.6) is 0 Å². The summed E-state index contributed by atoms with van der Waals surface area (Å²) in [5, 5.41) is 3.04. The van der Waals surface area contributed by atoms with Gasteiger partial charge in [-0.1, -0.05) is 13.0 Å². The first kappa shape index (κ1) is 13.9. The molecule has 1 amide bonds. The van der Waals surface area contributed by atoms with E-state index in [0.717, 1.165) is 25.2 Å². The van der Waals surface area contributed by atoms with Gasteiger partial charge in [-0.3, -0.25) is 9.69 Å². The molecule has 104 valence electrons. The molecule has 0 fully saturated rings. The van der Waals surface area contributed by atoms with Crippen LogP contribution in [-0.2, 0) is 17.9 Å². The summed E-state index contributed by atoms with van der Waals surface area (Å²) in [7, 11) is 0. The molecular weight excluding hydrogens is 238 g/mol. The third-order valence-electron chi connectivity index (χ3n) is 3.91. The number of fused-ring (bicyclic) bond motifs is 1. The molecule has 19 heavy (non-hydrogen) atoms. The van der Waals surface area contributed by atoms with Crippen LogP contribution in [0.4, 0.5) is 5.69 Å². The summed E-state index contributed by atoms with van der Waals surface area (Å²) in [6, 6.07) is 6.11. The van der Waals surface area contributed by atoms with Crippen LogP contribution in [0.25, 0.3) is 0 Å². The number of nitrogens with one attached hydrogen (secondary N) is 1. The lowest BCUT2D eigenvalue weighted by Gasteiger charge is -2.24. The fourth-order valence-corrected chi connectivity index (χ4v) is 2.35. The minimum Gasteiger partial charge on any atom is -0.399 e. The number of carbonyl (C=O) groups is 1. The Hall–Kier alpha value is -1.55. The van der Waals surface area contributed by atoms with E-state index < -0.39 is 0 Å². The summed E-state index contributed by atoms with van der Waals surface area (Å²) in [6.07, 6.45) is 0.954. The molecule has 0 spiro atoms. The van der Waals surface area contributed by atoms with Crippen LogP contribution in [-0.4, -0.2) is 22.9 Å². The van der Waals surface area contributed by atoms with Crippen molar-refractivity contribution < 1.29 is 4.79 Å². The third kappa shape index (κ3) is 3.07. The Kier molecular flexibility index (Phi) is 4.10. The Morgan fingerprint density at radius 2 is 2.05 bits per heavy atom. The minimum absolute atomic E-state index is 0.107. The van der Waals surface area contributed by atoms with Crippen LogP contribution in [0.1, 0.15) is 38.3 Å². The molecule has 0 saturated heterocycles. The normalized spacial score (nSPS) is 17.8. The van der Waals surface area contributed by atoms with E-state index in [1.54, 1.807) is 0 Å². The molecule has 1 aromatic carbocycles. The molecule has 0 saturated carbocycles. The number of hydrogen-bond acceptors (Lipinski definition) is 3. The highest BCUT2D eigenvalue weighted by atomic mass is 16.2. The number of benzene rings is 1. The van der Waals surface area contributed by atoms with Gasteiger partial charge in [0.1, 0.15) is 0 Å². The lowest BCUT2D eigenvalue weighted by atomic mass is 10.1. The molecule has 0 aromatic heterocycles. The van der Waals surface area contributed by atoms with Gasteiger partial charge in [0, 0.05) is 24.8 Å². The molecule has 1 aromatic rings. The van der Waals surface area contributed by atoms with Crippen LogP contribution < -0.4 is 11.1 Å². The smallest absolute Gasteiger partial charge is 0.237 e. The fourth-order valence-electron chi connectivity index (χ4n) is 2.35. The van der Waals surface area contributed by atoms with E-state index in [1.165, 1.54) is 11.1 Å². The molecule has 0 radical (unpaired) electrons. The van der Waals surface area contributed by atoms with Gasteiger partial charge in [0.2, 0.25) is 5.91 Å². The van der Waals surface area contributed by atoms with Gasteiger partial charge >= 0.3 is 0 Å². The van der Waals surface area contributed by atoms with E-state index in [4.69, 9.17) is 5.73 Å². The number of nitrogens with two attached hydrogens (primary N) is 1. The first-order chi connectivity index (χ1) is 9.01. The first-order valence-corrected chi connectivity index (χ1v) is 6.93. The number of rotatable bonds is 4. The molecule has 2 unspecified atom stereocenters. The average Bonchev–Trinajstić information content (AvgIpc) is 2.80. The van der Waals surface area contributed by atoms with Crippen LogP contribution in [0.3, 0.4) is 0 Å². The standard InChI is InChI=1S/C15H23N3O/c1-4-10(2)17-15(19)11(3)18-8-12-5-6-14(16)7-13(12)9-18/h5-7,10-11H,4,8-9,16H2,1-3H3,(H,17,19). The van der Waals surface area contributed by atoms with Crippen molar-refractivity contribution in [2.45, 2.75) is 52.4 Å². The highest BCUT2D eigenvalue weighted by Gasteiger charge is 2.27. The van der Waals surface area contributed by atoms with E-state index in [9.17, 15) is 4.79 Å². The van der Waals surface area contributed by atoms with Gasteiger partial charge in [0.25, 0.3) is 0 Å². The zero-order chi connectivity index (χ0) is 14.0. The van der Waals surface area contributed by atoms with Crippen molar-refractivity contribution >= 4 is 11.6 Å². The maximum atomic E-state index is 12.1. The quantitative estimate of drug-likeness (QED) is 0.814. The van der Waals surface area contributed by atoms with Crippen LogP contribution >= 0.6 is 0 Å². The van der Waals surface area contributed by atoms with Gasteiger partial charge < -0.3 is 11.1 Å². The van der Waals surface area contributed by atoms with Crippen LogP contribution in [0, 0.1) is 0 Å². The zero-order valence-electron chi connectivity index (χ0n) is 11.9. The predicted octanol–water partition coefficient (Wildman–Crippen LogP) is 1.89. The SMILES string of the molecule is CCC(C)NC(=O)C(C)N1Cc2ccc(N)cc2C1. The van der Waals surface area contributed by atoms with Crippen molar-refractivity contribution in [2.24, 2.45) is 0 Å². The lowest BCUT2D eigenvalue weighted by Crippen LogP contribution is -2.45. The summed E-state index contributed by atoms with van der Waals surface area (Å²) in [4.78, 5) is 14.3. The first-order valence-electron chi connectivity index (χ1n) is 6.93. The van der Waals surface area contributed by atoms with E-state index in [2.05, 4.69) is 23.2 Å². The molecule has 1 aliphatic rings. The molecule has 1 aliphatic heterocycles. The van der Waals surface area contributed by atoms with E-state index in [-0.39, 0.29) is 18.0 Å². The fraction of sp³-hybridized carbons (Fsp3) is 0.533. The Balaban J connectivity index is 2.00. The molecule has 3 N–H and O–H groups in total. The lowest BCUT2D eigenvalue weighted by molar-refractivity contribution is -0.126. The van der Waals surface area contributed by atoms with Gasteiger partial charge in [0.05, 0.1) is 6.04 Å². The Labute approximate surface area is 115 Å². The molecule has 0 bridgehead atoms. The maximum Gasteiger partial charge on any atom is 0.237 e. The second-order valence-corrected chi connectivity index (χ2v) is 5.43. The van der Waals surface area contributed by atoms with Crippen molar-refractivity contribution in [3.05, 3.63) is 29.3 Å². The van der Waals surface area contributed by atoms with Crippen molar-refractivity contribution in [3.8, 4) is 0 Å². The topological polar surface area (TPSA) is 58.4 Å². The van der Waals surface area contributed by atoms with Gasteiger partial charge in [-0.05, 0) is 43.5 Å². The number of anilines is 1. The Morgan fingerprint density at radius 1 is 1.37 bits per heavy atom. The van der Waals surface area contributed by atoms with E-state index in [1.807, 2.05) is 26.0 Å². The molecule has 4 heteroatoms. The number of nitrogen functional groups attached to an aromatic ring is 1. The number of carbonyl (C=O) groups excluding carboxylic acids is 1. The summed E-state index contributed by atoms with van der Waals surface area (Å²) < 4.78 is 0. The molecule has 4 nitrogen and oxygen atoms in total. The second kappa shape index (κ2) is 5.61. The second-order valence-electron chi connectivity index (χ2n) is 5.43. The maximum absolute atomic E-state index is 12.1. The monoisotopic (exact) mass is 261 g/mol. The van der Waals surface area contributed by atoms with Crippen molar-refractivity contribution in [3.63, 3.8) is 0 Å².